The Morgan fingerprint density at radius 2 is 2.32 bits per heavy atom. The molecule has 0 bridgehead atoms. The number of aliphatic hydroxyl groups is 1. The first-order valence-corrected chi connectivity index (χ1v) is 7.43. The molecule has 2 rings (SSSR count). The van der Waals surface area contributed by atoms with E-state index >= 15 is 0 Å². The van der Waals surface area contributed by atoms with Crippen LogP contribution in [0.1, 0.15) is 24.6 Å². The number of amides is 1. The number of ether oxygens (including phenoxy) is 1. The highest BCUT2D eigenvalue weighted by Gasteiger charge is 2.42. The standard InChI is InChI=1S/C14H24N4O4/c1-11-15-12(22-16-11)9-17(2)10-14(20)5-4-6-18(13(14)19)7-8-21-3/h20H,4-10H2,1-3H3/t14-/m0/s1. The van der Waals surface area contributed by atoms with E-state index in [2.05, 4.69) is 10.1 Å². The Labute approximate surface area is 130 Å². The van der Waals surface area contributed by atoms with Crippen LogP contribution >= 0.6 is 0 Å². The molecule has 0 radical (unpaired) electrons. The van der Waals surface area contributed by atoms with Crippen molar-refractivity contribution in [2.75, 3.05) is 40.4 Å². The molecule has 124 valence electrons. The summed E-state index contributed by atoms with van der Waals surface area (Å²) in [7, 11) is 3.42. The second-order valence-electron chi connectivity index (χ2n) is 5.83. The summed E-state index contributed by atoms with van der Waals surface area (Å²) in [5.41, 5.74) is -1.37. The minimum atomic E-state index is -1.37. The highest BCUT2D eigenvalue weighted by Crippen LogP contribution is 2.24. The van der Waals surface area contributed by atoms with Gasteiger partial charge in [-0.1, -0.05) is 5.16 Å². The Balaban J connectivity index is 1.95. The molecule has 0 saturated carbocycles. The minimum absolute atomic E-state index is 0.232. The van der Waals surface area contributed by atoms with E-state index in [0.29, 0.717) is 44.4 Å². The SMILES string of the molecule is COCCN1CCC[C@](O)(CN(C)Cc2nc(C)no2)C1=O. The number of carbonyl (C=O) groups excluding carboxylic acids is 1. The van der Waals surface area contributed by atoms with Crippen LogP contribution in [0.15, 0.2) is 4.52 Å². The van der Waals surface area contributed by atoms with E-state index in [9.17, 15) is 9.90 Å². The van der Waals surface area contributed by atoms with Gasteiger partial charge in [-0.05, 0) is 26.8 Å². The Kier molecular flexibility index (Phi) is 5.49. The number of aryl methyl sites for hydroxylation is 1. The number of likely N-dealkylation sites (tertiary alicyclic amines) is 1. The second kappa shape index (κ2) is 7.17. The summed E-state index contributed by atoms with van der Waals surface area (Å²) in [4.78, 5) is 20.1. The van der Waals surface area contributed by atoms with E-state index in [0.717, 1.165) is 6.42 Å². The minimum Gasteiger partial charge on any atom is -0.383 e. The molecule has 1 fully saturated rings. The van der Waals surface area contributed by atoms with Gasteiger partial charge in [0.2, 0.25) is 5.89 Å². The summed E-state index contributed by atoms with van der Waals surface area (Å²) >= 11 is 0. The number of nitrogens with zero attached hydrogens (tertiary/aromatic N) is 4. The Morgan fingerprint density at radius 1 is 1.55 bits per heavy atom. The predicted octanol–water partition coefficient (Wildman–Crippen LogP) is -0.190. The molecule has 1 atom stereocenters. The molecule has 0 aromatic carbocycles. The van der Waals surface area contributed by atoms with Gasteiger partial charge in [0.05, 0.1) is 13.2 Å². The van der Waals surface area contributed by atoms with Gasteiger partial charge in [-0.2, -0.15) is 4.98 Å². The maximum atomic E-state index is 12.5. The van der Waals surface area contributed by atoms with Crippen LogP contribution in [0.2, 0.25) is 0 Å². The molecule has 1 aliphatic heterocycles. The molecule has 1 aromatic heterocycles. The van der Waals surface area contributed by atoms with Crippen molar-refractivity contribution in [3.63, 3.8) is 0 Å². The highest BCUT2D eigenvalue weighted by molar-refractivity contribution is 5.86. The zero-order valence-electron chi connectivity index (χ0n) is 13.4. The fraction of sp³-hybridized carbons (Fsp3) is 0.786. The van der Waals surface area contributed by atoms with Gasteiger partial charge < -0.3 is 19.3 Å². The van der Waals surface area contributed by atoms with Crippen molar-refractivity contribution >= 4 is 5.91 Å². The lowest BCUT2D eigenvalue weighted by Crippen LogP contribution is -2.58. The fourth-order valence-electron chi connectivity index (χ4n) is 2.76. The molecule has 1 amide bonds. The van der Waals surface area contributed by atoms with Crippen LogP contribution in [-0.4, -0.2) is 77.0 Å². The third-order valence-corrected chi connectivity index (χ3v) is 3.78. The molecule has 1 saturated heterocycles. The van der Waals surface area contributed by atoms with Crippen LogP contribution in [0.25, 0.3) is 0 Å². The molecular formula is C14H24N4O4. The number of likely N-dealkylation sites (N-methyl/N-ethyl adjacent to an activating group) is 1. The largest absolute Gasteiger partial charge is 0.383 e. The number of piperidine rings is 1. The summed E-state index contributed by atoms with van der Waals surface area (Å²) < 4.78 is 10.1. The summed E-state index contributed by atoms with van der Waals surface area (Å²) in [6.07, 6.45) is 1.24. The van der Waals surface area contributed by atoms with Crippen molar-refractivity contribution in [2.24, 2.45) is 0 Å². The first-order valence-electron chi connectivity index (χ1n) is 7.43. The lowest BCUT2D eigenvalue weighted by molar-refractivity contribution is -0.160. The van der Waals surface area contributed by atoms with E-state index in [1.807, 2.05) is 11.9 Å². The lowest BCUT2D eigenvalue weighted by atomic mass is 9.91. The van der Waals surface area contributed by atoms with Crippen LogP contribution in [0, 0.1) is 6.92 Å². The molecule has 1 N–H and O–H groups in total. The van der Waals surface area contributed by atoms with Crippen LogP contribution < -0.4 is 0 Å². The van der Waals surface area contributed by atoms with E-state index in [-0.39, 0.29) is 12.5 Å². The quantitative estimate of drug-likeness (QED) is 0.746. The molecule has 22 heavy (non-hydrogen) atoms. The van der Waals surface area contributed by atoms with Gasteiger partial charge in [0.25, 0.3) is 5.91 Å². The van der Waals surface area contributed by atoms with Gasteiger partial charge in [-0.15, -0.1) is 0 Å². The number of methoxy groups -OCH3 is 1. The molecule has 8 heteroatoms. The maximum Gasteiger partial charge on any atom is 0.255 e. The monoisotopic (exact) mass is 312 g/mol. The smallest absolute Gasteiger partial charge is 0.255 e. The van der Waals surface area contributed by atoms with E-state index in [4.69, 9.17) is 9.26 Å². The summed E-state index contributed by atoms with van der Waals surface area (Å²) in [5, 5.41) is 14.5. The molecule has 0 spiro atoms. The number of aromatic nitrogens is 2. The Bertz CT molecular complexity index is 507. The fourth-order valence-corrected chi connectivity index (χ4v) is 2.76. The van der Waals surface area contributed by atoms with E-state index in [1.54, 1.807) is 18.9 Å². The van der Waals surface area contributed by atoms with Gasteiger partial charge in [0.1, 0.15) is 0 Å². The molecule has 0 aliphatic carbocycles. The Hall–Kier alpha value is -1.51. The van der Waals surface area contributed by atoms with Crippen molar-refractivity contribution in [2.45, 2.75) is 31.9 Å². The van der Waals surface area contributed by atoms with Crippen LogP contribution in [-0.2, 0) is 16.1 Å². The number of hydrogen-bond acceptors (Lipinski definition) is 7. The second-order valence-corrected chi connectivity index (χ2v) is 5.83. The molecule has 1 aliphatic rings. The number of carbonyl (C=O) groups is 1. The molecule has 2 heterocycles. The molecule has 0 unspecified atom stereocenters. The Morgan fingerprint density at radius 3 is 2.95 bits per heavy atom. The lowest BCUT2D eigenvalue weighted by Gasteiger charge is -2.39. The van der Waals surface area contributed by atoms with Crippen LogP contribution in [0.5, 0.6) is 0 Å². The van der Waals surface area contributed by atoms with Crippen molar-refractivity contribution in [1.82, 2.24) is 19.9 Å². The zero-order valence-corrected chi connectivity index (χ0v) is 13.4. The number of hydrogen-bond donors (Lipinski definition) is 1. The van der Waals surface area contributed by atoms with E-state index in [1.165, 1.54) is 0 Å². The maximum absolute atomic E-state index is 12.5. The van der Waals surface area contributed by atoms with E-state index < -0.39 is 5.60 Å². The van der Waals surface area contributed by atoms with Crippen LogP contribution in [0.4, 0.5) is 0 Å². The van der Waals surface area contributed by atoms with Gasteiger partial charge in [0.15, 0.2) is 11.4 Å². The first-order chi connectivity index (χ1) is 10.4. The third kappa shape index (κ3) is 4.02. The van der Waals surface area contributed by atoms with Crippen molar-refractivity contribution in [3.05, 3.63) is 11.7 Å². The summed E-state index contributed by atoms with van der Waals surface area (Å²) in [6, 6.07) is 0. The van der Waals surface area contributed by atoms with Crippen molar-refractivity contribution in [3.8, 4) is 0 Å². The third-order valence-electron chi connectivity index (χ3n) is 3.78. The first kappa shape index (κ1) is 16.9. The predicted molar refractivity (Wildman–Crippen MR) is 78.0 cm³/mol. The van der Waals surface area contributed by atoms with Gasteiger partial charge in [-0.25, -0.2) is 0 Å². The molecular weight excluding hydrogens is 288 g/mol. The average molecular weight is 312 g/mol. The van der Waals surface area contributed by atoms with Crippen LogP contribution in [0.3, 0.4) is 0 Å². The molecule has 8 nitrogen and oxygen atoms in total. The normalized spacial score (nSPS) is 22.6. The average Bonchev–Trinajstić information content (AvgIpc) is 2.85. The van der Waals surface area contributed by atoms with Gasteiger partial charge >= 0.3 is 0 Å². The summed E-state index contributed by atoms with van der Waals surface area (Å²) in [5.74, 6) is 0.814. The summed E-state index contributed by atoms with van der Waals surface area (Å²) in [6.45, 7) is 4.02. The highest BCUT2D eigenvalue weighted by atomic mass is 16.5. The zero-order chi connectivity index (χ0) is 16.2. The van der Waals surface area contributed by atoms with Gasteiger partial charge in [-0.3, -0.25) is 9.69 Å². The van der Waals surface area contributed by atoms with Gasteiger partial charge in [0, 0.05) is 26.7 Å². The molecule has 1 aromatic rings. The van der Waals surface area contributed by atoms with Crippen molar-refractivity contribution in [1.29, 1.82) is 0 Å². The van der Waals surface area contributed by atoms with Crippen molar-refractivity contribution < 1.29 is 19.2 Å². The number of rotatable bonds is 7. The topological polar surface area (TPSA) is 91.9 Å².